The Morgan fingerprint density at radius 3 is 2.47 bits per heavy atom. The van der Waals surface area contributed by atoms with Crippen molar-refractivity contribution in [1.82, 2.24) is 10.6 Å². The van der Waals surface area contributed by atoms with Crippen LogP contribution in [0.15, 0.2) is 41.4 Å². The number of nitrogens with zero attached hydrogens (tertiary/aromatic N) is 1. The van der Waals surface area contributed by atoms with E-state index in [1.165, 1.54) is 20.1 Å². The standard InChI is InChI=1S/C22H28F2N4O3.HI/c1-5-25-22(27-13-17-10-14(2)6-8-19(17)31-21(23)24)26-12-16-7-9-20(30-4)18(11-16)28-15(3)29;/h6-11,21H,5,12-13H2,1-4H3,(H,28,29)(H2,25,26,27);1H. The highest BCUT2D eigenvalue weighted by molar-refractivity contribution is 14.0. The first-order valence-electron chi connectivity index (χ1n) is 9.83. The van der Waals surface area contributed by atoms with Crippen LogP contribution in [0, 0.1) is 6.92 Å². The molecule has 0 fully saturated rings. The monoisotopic (exact) mass is 562 g/mol. The van der Waals surface area contributed by atoms with Gasteiger partial charge in [0, 0.05) is 25.6 Å². The highest BCUT2D eigenvalue weighted by Gasteiger charge is 2.11. The summed E-state index contributed by atoms with van der Waals surface area (Å²) in [6, 6.07) is 10.4. The number of alkyl halides is 2. The molecule has 32 heavy (non-hydrogen) atoms. The molecule has 0 aliphatic rings. The number of rotatable bonds is 9. The second kappa shape index (κ2) is 13.7. The summed E-state index contributed by atoms with van der Waals surface area (Å²) >= 11 is 0. The highest BCUT2D eigenvalue weighted by atomic mass is 127. The van der Waals surface area contributed by atoms with E-state index in [0.717, 1.165) is 11.1 Å². The zero-order valence-electron chi connectivity index (χ0n) is 18.5. The molecular weight excluding hydrogens is 533 g/mol. The maximum Gasteiger partial charge on any atom is 0.387 e. The van der Waals surface area contributed by atoms with E-state index in [1.807, 2.05) is 19.9 Å². The summed E-state index contributed by atoms with van der Waals surface area (Å²) in [6.07, 6.45) is 0. The quantitative estimate of drug-likeness (QED) is 0.239. The SMILES string of the molecule is CCNC(=NCc1ccc(OC)c(NC(C)=O)c1)NCc1cc(C)ccc1OC(F)F.I. The Hall–Kier alpha value is -2.63. The van der Waals surface area contributed by atoms with Crippen molar-refractivity contribution >= 4 is 41.5 Å². The number of carbonyl (C=O) groups is 1. The average Bonchev–Trinajstić information content (AvgIpc) is 2.71. The fraction of sp³-hybridized carbons (Fsp3) is 0.364. The summed E-state index contributed by atoms with van der Waals surface area (Å²) in [5.41, 5.74) is 2.96. The van der Waals surface area contributed by atoms with Crippen LogP contribution in [-0.4, -0.2) is 32.1 Å². The van der Waals surface area contributed by atoms with Crippen molar-refractivity contribution in [1.29, 1.82) is 0 Å². The van der Waals surface area contributed by atoms with Gasteiger partial charge in [-0.1, -0.05) is 23.8 Å². The molecule has 1 amide bonds. The third-order valence-electron chi connectivity index (χ3n) is 4.22. The molecule has 0 saturated heterocycles. The lowest BCUT2D eigenvalue weighted by Gasteiger charge is -2.15. The van der Waals surface area contributed by atoms with Gasteiger partial charge >= 0.3 is 6.61 Å². The molecule has 0 unspecified atom stereocenters. The Bertz CT molecular complexity index is 926. The lowest BCUT2D eigenvalue weighted by molar-refractivity contribution is -0.114. The first kappa shape index (κ1) is 27.4. The third-order valence-corrected chi connectivity index (χ3v) is 4.22. The van der Waals surface area contributed by atoms with Gasteiger partial charge < -0.3 is 25.4 Å². The molecule has 2 aromatic carbocycles. The Labute approximate surface area is 204 Å². The smallest absolute Gasteiger partial charge is 0.387 e. The number of hydrogen-bond acceptors (Lipinski definition) is 4. The van der Waals surface area contributed by atoms with Gasteiger partial charge in [0.05, 0.1) is 19.3 Å². The van der Waals surface area contributed by atoms with Gasteiger partial charge in [0.2, 0.25) is 5.91 Å². The fourth-order valence-corrected chi connectivity index (χ4v) is 2.89. The fourth-order valence-electron chi connectivity index (χ4n) is 2.89. The van der Waals surface area contributed by atoms with Gasteiger partial charge in [-0.2, -0.15) is 8.78 Å². The van der Waals surface area contributed by atoms with E-state index in [2.05, 4.69) is 25.7 Å². The largest absolute Gasteiger partial charge is 0.495 e. The molecule has 2 aromatic rings. The van der Waals surface area contributed by atoms with E-state index >= 15 is 0 Å². The maximum absolute atomic E-state index is 12.7. The van der Waals surface area contributed by atoms with Crippen LogP contribution in [-0.2, 0) is 17.9 Å². The lowest BCUT2D eigenvalue weighted by Crippen LogP contribution is -2.36. The number of methoxy groups -OCH3 is 1. The Morgan fingerprint density at radius 1 is 1.12 bits per heavy atom. The van der Waals surface area contributed by atoms with Crippen LogP contribution in [0.4, 0.5) is 14.5 Å². The zero-order chi connectivity index (χ0) is 22.8. The normalized spacial score (nSPS) is 10.9. The van der Waals surface area contributed by atoms with E-state index in [1.54, 1.807) is 24.3 Å². The molecule has 0 radical (unpaired) electrons. The molecule has 176 valence electrons. The van der Waals surface area contributed by atoms with E-state index < -0.39 is 6.61 Å². The van der Waals surface area contributed by atoms with Crippen molar-refractivity contribution in [3.05, 3.63) is 53.1 Å². The van der Waals surface area contributed by atoms with Crippen LogP contribution in [0.25, 0.3) is 0 Å². The van der Waals surface area contributed by atoms with Crippen molar-refractivity contribution in [3.8, 4) is 11.5 Å². The number of amides is 1. The molecule has 0 aliphatic carbocycles. The number of nitrogens with one attached hydrogen (secondary N) is 3. The first-order chi connectivity index (χ1) is 14.8. The maximum atomic E-state index is 12.7. The molecule has 10 heteroatoms. The van der Waals surface area contributed by atoms with Crippen molar-refractivity contribution < 1.29 is 23.0 Å². The average molecular weight is 562 g/mol. The van der Waals surface area contributed by atoms with Gasteiger partial charge in [0.25, 0.3) is 0 Å². The molecule has 0 bridgehead atoms. The molecule has 0 heterocycles. The number of ether oxygens (including phenoxy) is 2. The third kappa shape index (κ3) is 8.85. The van der Waals surface area contributed by atoms with E-state index in [-0.39, 0.29) is 42.2 Å². The minimum absolute atomic E-state index is 0. The molecular formula is C22H29F2IN4O3. The van der Waals surface area contributed by atoms with Crippen LogP contribution in [0.3, 0.4) is 0 Å². The summed E-state index contributed by atoms with van der Waals surface area (Å²) in [5.74, 6) is 0.996. The second-order valence-corrected chi connectivity index (χ2v) is 6.75. The van der Waals surface area contributed by atoms with E-state index in [9.17, 15) is 13.6 Å². The molecule has 0 aliphatic heterocycles. The Balaban J connectivity index is 0.00000512. The number of benzene rings is 2. The number of aryl methyl sites for hydroxylation is 1. The van der Waals surface area contributed by atoms with Gasteiger partial charge in [-0.05, 0) is 37.6 Å². The molecule has 0 saturated carbocycles. The Kier molecular flexibility index (Phi) is 11.7. The second-order valence-electron chi connectivity index (χ2n) is 6.75. The summed E-state index contributed by atoms with van der Waals surface area (Å²) in [6.45, 7) is 3.56. The number of carbonyl (C=O) groups excluding carboxylic acids is 1. The minimum Gasteiger partial charge on any atom is -0.495 e. The predicted molar refractivity (Wildman–Crippen MR) is 132 cm³/mol. The van der Waals surface area contributed by atoms with Gasteiger partial charge in [-0.25, -0.2) is 4.99 Å². The van der Waals surface area contributed by atoms with E-state index in [0.29, 0.717) is 36.0 Å². The van der Waals surface area contributed by atoms with Crippen LogP contribution in [0.5, 0.6) is 11.5 Å². The molecule has 0 atom stereocenters. The molecule has 3 N–H and O–H groups in total. The van der Waals surface area contributed by atoms with Crippen molar-refractivity contribution in [2.75, 3.05) is 19.0 Å². The van der Waals surface area contributed by atoms with Gasteiger partial charge in [-0.3, -0.25) is 4.79 Å². The topological polar surface area (TPSA) is 84.0 Å². The Morgan fingerprint density at radius 2 is 1.84 bits per heavy atom. The van der Waals surface area contributed by atoms with Crippen LogP contribution in [0.1, 0.15) is 30.5 Å². The molecule has 0 aromatic heterocycles. The first-order valence-corrected chi connectivity index (χ1v) is 9.83. The van der Waals surface area contributed by atoms with Gasteiger partial charge in [0.15, 0.2) is 5.96 Å². The van der Waals surface area contributed by atoms with Crippen LogP contribution >= 0.6 is 24.0 Å². The van der Waals surface area contributed by atoms with Gasteiger partial charge in [0.1, 0.15) is 11.5 Å². The van der Waals surface area contributed by atoms with E-state index in [4.69, 9.17) is 4.74 Å². The van der Waals surface area contributed by atoms with Gasteiger partial charge in [-0.15, -0.1) is 24.0 Å². The number of halogens is 3. The van der Waals surface area contributed by atoms with Crippen molar-refractivity contribution in [3.63, 3.8) is 0 Å². The number of anilines is 1. The molecule has 2 rings (SSSR count). The number of aliphatic imine (C=N–C) groups is 1. The molecule has 0 spiro atoms. The van der Waals surface area contributed by atoms with Crippen LogP contribution in [0.2, 0.25) is 0 Å². The number of guanidine groups is 1. The summed E-state index contributed by atoms with van der Waals surface area (Å²) in [7, 11) is 1.53. The zero-order valence-corrected chi connectivity index (χ0v) is 20.8. The minimum atomic E-state index is -2.89. The van der Waals surface area contributed by atoms with Crippen molar-refractivity contribution in [2.45, 2.75) is 40.5 Å². The summed E-state index contributed by atoms with van der Waals surface area (Å²) in [4.78, 5) is 16.0. The number of hydrogen-bond donors (Lipinski definition) is 3. The summed E-state index contributed by atoms with van der Waals surface area (Å²) < 4.78 is 35.2. The lowest BCUT2D eigenvalue weighted by atomic mass is 10.1. The predicted octanol–water partition coefficient (Wildman–Crippen LogP) is 4.44. The van der Waals surface area contributed by atoms with Crippen LogP contribution < -0.4 is 25.4 Å². The molecule has 7 nitrogen and oxygen atoms in total. The summed E-state index contributed by atoms with van der Waals surface area (Å²) in [5, 5.41) is 8.99. The highest BCUT2D eigenvalue weighted by Crippen LogP contribution is 2.26. The van der Waals surface area contributed by atoms with Crippen molar-refractivity contribution in [2.24, 2.45) is 4.99 Å².